The van der Waals surface area contributed by atoms with Crippen LogP contribution in [-0.4, -0.2) is 39.2 Å². The first-order valence-electron chi connectivity index (χ1n) is 10.6. The van der Waals surface area contributed by atoms with E-state index < -0.39 is 10.9 Å². The molecule has 2 aromatic heterocycles. The molecule has 4 aromatic rings. The molecule has 0 unspecified atom stereocenters. The van der Waals surface area contributed by atoms with E-state index in [0.717, 1.165) is 16.2 Å². The summed E-state index contributed by atoms with van der Waals surface area (Å²) in [4.78, 5) is 13.4. The normalized spacial score (nSPS) is 19.1. The first kappa shape index (κ1) is 24.7. The fourth-order valence-electron chi connectivity index (χ4n) is 3.64. The van der Waals surface area contributed by atoms with Gasteiger partial charge < -0.3 is 24.0 Å². The van der Waals surface area contributed by atoms with Crippen LogP contribution in [0.1, 0.15) is 4.88 Å². The van der Waals surface area contributed by atoms with Crippen LogP contribution in [0.3, 0.4) is 0 Å². The predicted molar refractivity (Wildman–Crippen MR) is 130 cm³/mol. The van der Waals surface area contributed by atoms with E-state index in [1.54, 1.807) is 12.5 Å². The Bertz CT molecular complexity index is 1220. The van der Waals surface area contributed by atoms with E-state index in [2.05, 4.69) is 29.2 Å². The highest BCUT2D eigenvalue weighted by Gasteiger charge is 2.45. The highest BCUT2D eigenvalue weighted by Crippen LogP contribution is 2.41. The van der Waals surface area contributed by atoms with Crippen molar-refractivity contribution in [3.8, 4) is 16.9 Å². The summed E-state index contributed by atoms with van der Waals surface area (Å²) >= 11 is 7.64. The fourth-order valence-corrected chi connectivity index (χ4v) is 4.76. The Morgan fingerprint density at radius 1 is 1.17 bits per heavy atom. The molecule has 1 aliphatic rings. The molecule has 0 amide bonds. The molecule has 1 N–H and O–H groups in total. The summed E-state index contributed by atoms with van der Waals surface area (Å²) in [5.41, 5.74) is 2.34. The van der Waals surface area contributed by atoms with Gasteiger partial charge in [-0.15, -0.1) is 21.5 Å². The molecule has 0 saturated carbocycles. The van der Waals surface area contributed by atoms with Crippen LogP contribution >= 0.6 is 22.9 Å². The maximum Gasteiger partial charge on any atom is 0.291 e. The molecule has 11 heteroatoms. The zero-order valence-electron chi connectivity index (χ0n) is 18.4. The Balaban J connectivity index is 0.000000672. The van der Waals surface area contributed by atoms with Crippen molar-refractivity contribution in [3.63, 3.8) is 0 Å². The van der Waals surface area contributed by atoms with Gasteiger partial charge in [-0.25, -0.2) is 4.98 Å². The molecule has 0 spiro atoms. The highest BCUT2D eigenvalue weighted by atomic mass is 35.5. The maximum absolute atomic E-state index is 8.36. The number of hydrogen-bond acceptors (Lipinski definition) is 7. The van der Waals surface area contributed by atoms with Gasteiger partial charge in [0.05, 0.1) is 28.7 Å². The number of ether oxygens (including phenoxy) is 3. The Morgan fingerprint density at radius 2 is 1.89 bits per heavy atom. The van der Waals surface area contributed by atoms with Gasteiger partial charge in [0.1, 0.15) is 18.5 Å². The van der Waals surface area contributed by atoms with Crippen LogP contribution in [0.4, 0.5) is 0 Å². The lowest BCUT2D eigenvalue weighted by atomic mass is 10.1. The number of halogens is 1. The van der Waals surface area contributed by atoms with Gasteiger partial charge in [-0.2, -0.15) is 0 Å². The lowest BCUT2D eigenvalue weighted by Gasteiger charge is -2.27. The third kappa shape index (κ3) is 6.58. The van der Waals surface area contributed by atoms with E-state index in [4.69, 9.17) is 41.1 Å². The lowest BCUT2D eigenvalue weighted by Crippen LogP contribution is -2.33. The maximum atomic E-state index is 8.36. The van der Waals surface area contributed by atoms with Crippen LogP contribution in [0.15, 0.2) is 85.5 Å². The number of nitrogens with zero attached hydrogens (tertiary/aromatic N) is 3. The average molecular weight is 516 g/mol. The van der Waals surface area contributed by atoms with Crippen LogP contribution in [-0.2, 0) is 21.8 Å². The smallest absolute Gasteiger partial charge is 0.291 e. The molecule has 35 heavy (non-hydrogen) atoms. The summed E-state index contributed by atoms with van der Waals surface area (Å²) in [6.45, 7) is 1.33. The van der Waals surface area contributed by atoms with Crippen molar-refractivity contribution in [3.05, 3.63) is 105 Å². The van der Waals surface area contributed by atoms with E-state index in [1.165, 1.54) is 16.9 Å². The van der Waals surface area contributed by atoms with Gasteiger partial charge in [-0.3, -0.25) is 0 Å². The summed E-state index contributed by atoms with van der Waals surface area (Å²) < 4.78 is 21.2. The molecule has 1 fully saturated rings. The monoisotopic (exact) mass is 515 g/mol. The van der Waals surface area contributed by atoms with E-state index in [-0.39, 0.29) is 6.10 Å². The molecule has 5 rings (SSSR count). The standard InChI is InChI=1S/C24H21ClN2O3S.HNO3/c25-23-11-10-22(31-23)24(16-27-13-12-26-17-27)29-15-21(30-24)14-28-20-8-6-19(7-9-20)18-4-2-1-3-5-18;2-1(3)4/h1-13,17,21H,14-16H2;(H,2,3,4)/t21-,24-;/m1./s1. The molecule has 2 aromatic carbocycles. The molecule has 0 radical (unpaired) electrons. The Morgan fingerprint density at radius 3 is 2.51 bits per heavy atom. The lowest BCUT2D eigenvalue weighted by molar-refractivity contribution is -0.742. The second-order valence-electron chi connectivity index (χ2n) is 7.58. The average Bonchev–Trinajstić information content (AvgIpc) is 3.61. The van der Waals surface area contributed by atoms with Crippen LogP contribution in [0, 0.1) is 10.1 Å². The van der Waals surface area contributed by atoms with Crippen molar-refractivity contribution in [2.45, 2.75) is 18.4 Å². The van der Waals surface area contributed by atoms with Crippen LogP contribution in [0.25, 0.3) is 11.1 Å². The van der Waals surface area contributed by atoms with Crippen molar-refractivity contribution < 1.29 is 24.5 Å². The molecule has 1 saturated heterocycles. The second-order valence-corrected chi connectivity index (χ2v) is 9.30. The van der Waals surface area contributed by atoms with Crippen LogP contribution < -0.4 is 4.74 Å². The second kappa shape index (κ2) is 11.3. The molecule has 3 heterocycles. The van der Waals surface area contributed by atoms with Crippen molar-refractivity contribution in [2.75, 3.05) is 13.2 Å². The predicted octanol–water partition coefficient (Wildman–Crippen LogP) is 5.26. The molecule has 1 aliphatic heterocycles. The van der Waals surface area contributed by atoms with Gasteiger partial charge in [0, 0.05) is 12.4 Å². The van der Waals surface area contributed by atoms with Crippen molar-refractivity contribution in [1.82, 2.24) is 9.55 Å². The molecule has 2 atom stereocenters. The summed E-state index contributed by atoms with van der Waals surface area (Å²) in [5.74, 6) is -0.0986. The van der Waals surface area contributed by atoms with E-state index in [1.807, 2.05) is 53.2 Å². The first-order valence-corrected chi connectivity index (χ1v) is 11.8. The topological polar surface area (TPSA) is 109 Å². The molecule has 0 bridgehead atoms. The van der Waals surface area contributed by atoms with Crippen molar-refractivity contribution in [2.24, 2.45) is 0 Å². The van der Waals surface area contributed by atoms with Gasteiger partial charge >= 0.3 is 0 Å². The summed E-state index contributed by atoms with van der Waals surface area (Å²) in [6.07, 6.45) is 5.19. The number of aromatic nitrogens is 2. The van der Waals surface area contributed by atoms with Gasteiger partial charge in [0.25, 0.3) is 5.09 Å². The summed E-state index contributed by atoms with van der Waals surface area (Å²) in [6, 6.07) is 22.2. The molecule has 0 aliphatic carbocycles. The van der Waals surface area contributed by atoms with E-state index >= 15 is 0 Å². The Hall–Kier alpha value is -3.44. The number of rotatable bonds is 7. The van der Waals surface area contributed by atoms with Gasteiger partial charge in [-0.05, 0) is 35.4 Å². The minimum atomic E-state index is -1.50. The van der Waals surface area contributed by atoms with Crippen molar-refractivity contribution in [1.29, 1.82) is 0 Å². The zero-order valence-corrected chi connectivity index (χ0v) is 20.0. The molecule has 9 nitrogen and oxygen atoms in total. The molecular formula is C24H22ClN3O6S. The summed E-state index contributed by atoms with van der Waals surface area (Å²) in [5, 5.41) is 13.6. The minimum absolute atomic E-state index is 0.196. The Kier molecular flexibility index (Phi) is 7.98. The summed E-state index contributed by atoms with van der Waals surface area (Å²) in [7, 11) is 0. The van der Waals surface area contributed by atoms with E-state index in [0.29, 0.717) is 24.1 Å². The van der Waals surface area contributed by atoms with Crippen molar-refractivity contribution >= 4 is 22.9 Å². The highest BCUT2D eigenvalue weighted by molar-refractivity contribution is 7.16. The first-order chi connectivity index (χ1) is 16.9. The SMILES string of the molecule is Clc1ccc([C@]2(Cn3ccnc3)OC[C@@H](COc3ccc(-c4ccccc4)cc3)O2)s1.O=[N+]([O-])O. The van der Waals surface area contributed by atoms with Gasteiger partial charge in [-0.1, -0.05) is 54.1 Å². The van der Waals surface area contributed by atoms with Gasteiger partial charge in [0.2, 0.25) is 5.79 Å². The fraction of sp³-hybridized carbons (Fsp3) is 0.208. The van der Waals surface area contributed by atoms with Crippen LogP contribution in [0.5, 0.6) is 5.75 Å². The number of hydrogen-bond donors (Lipinski definition) is 1. The van der Waals surface area contributed by atoms with E-state index in [9.17, 15) is 0 Å². The van der Waals surface area contributed by atoms with Crippen LogP contribution in [0.2, 0.25) is 4.34 Å². The van der Waals surface area contributed by atoms with Gasteiger partial charge in [0.15, 0.2) is 0 Å². The quantitative estimate of drug-likeness (QED) is 0.264. The third-order valence-electron chi connectivity index (χ3n) is 5.16. The zero-order chi connectivity index (χ0) is 24.7. The molecule has 182 valence electrons. The number of thiophene rings is 1. The Labute approximate surface area is 210 Å². The molecular weight excluding hydrogens is 494 g/mol. The number of benzene rings is 2. The minimum Gasteiger partial charge on any atom is -0.491 e. The number of imidazole rings is 1. The largest absolute Gasteiger partial charge is 0.491 e. The third-order valence-corrected chi connectivity index (χ3v) is 6.51.